The lowest BCUT2D eigenvalue weighted by atomic mass is 9.95. The van der Waals surface area contributed by atoms with Gasteiger partial charge in [0.25, 0.3) is 0 Å². The van der Waals surface area contributed by atoms with Gasteiger partial charge in [-0.05, 0) is 110 Å². The third-order valence-corrected chi connectivity index (χ3v) is 10.4. The second kappa shape index (κ2) is 13.4. The molecule has 0 aliphatic heterocycles. The van der Waals surface area contributed by atoms with Crippen LogP contribution in [0.4, 0.5) is 17.1 Å². The average Bonchev–Trinajstić information content (AvgIpc) is 3.62. The van der Waals surface area contributed by atoms with Gasteiger partial charge < -0.3 is 9.32 Å². The first-order chi connectivity index (χ1) is 26.7. The van der Waals surface area contributed by atoms with Crippen LogP contribution < -0.4 is 4.90 Å². The number of rotatable bonds is 7. The largest absolute Gasteiger partial charge is 0.456 e. The van der Waals surface area contributed by atoms with E-state index >= 15 is 0 Å². The van der Waals surface area contributed by atoms with E-state index in [1.54, 1.807) is 0 Å². The summed E-state index contributed by atoms with van der Waals surface area (Å²) in [7, 11) is 0. The van der Waals surface area contributed by atoms with Crippen molar-refractivity contribution in [1.82, 2.24) is 0 Å². The molecule has 254 valence electrons. The molecule has 2 heteroatoms. The van der Waals surface area contributed by atoms with E-state index < -0.39 is 0 Å². The number of anilines is 3. The molecule has 0 radical (unpaired) electrons. The normalized spacial score (nSPS) is 11.3. The van der Waals surface area contributed by atoms with Crippen molar-refractivity contribution in [2.75, 3.05) is 4.90 Å². The average molecular weight is 690 g/mol. The summed E-state index contributed by atoms with van der Waals surface area (Å²) in [5.41, 5.74) is 14.5. The Morgan fingerprint density at radius 2 is 0.796 bits per heavy atom. The molecule has 10 rings (SSSR count). The smallest absolute Gasteiger partial charge is 0.137 e. The fraction of sp³-hybridized carbons (Fsp3) is 0. The third-order valence-electron chi connectivity index (χ3n) is 10.4. The maximum Gasteiger partial charge on any atom is 0.137 e. The summed E-state index contributed by atoms with van der Waals surface area (Å²) in [4.78, 5) is 2.33. The van der Waals surface area contributed by atoms with E-state index in [0.29, 0.717) is 0 Å². The SMILES string of the molecule is c1ccc(-c2cccc(-c3ccc(N(c4cccc(-c5cccc(-c6cccc7ccccc67)c5)c4)c4ccc5c(c4)oc4ccccc45)cc3)c2)cc1. The van der Waals surface area contributed by atoms with Crippen molar-refractivity contribution >= 4 is 49.8 Å². The van der Waals surface area contributed by atoms with Crippen LogP contribution in [0.15, 0.2) is 217 Å². The third kappa shape index (κ3) is 5.81. The molecular formula is C52H35NO. The predicted octanol–water partition coefficient (Wildman–Crippen LogP) is 14.9. The number of fused-ring (bicyclic) bond motifs is 4. The van der Waals surface area contributed by atoms with Crippen LogP contribution in [0.5, 0.6) is 0 Å². The molecule has 0 bridgehead atoms. The topological polar surface area (TPSA) is 16.4 Å². The van der Waals surface area contributed by atoms with E-state index in [4.69, 9.17) is 4.42 Å². The molecular weight excluding hydrogens is 655 g/mol. The van der Waals surface area contributed by atoms with Gasteiger partial charge in [0.05, 0.1) is 0 Å². The highest BCUT2D eigenvalue weighted by Crippen LogP contribution is 2.41. The van der Waals surface area contributed by atoms with Gasteiger partial charge in [0.2, 0.25) is 0 Å². The zero-order valence-electron chi connectivity index (χ0n) is 29.6. The minimum atomic E-state index is 0.868. The van der Waals surface area contributed by atoms with Crippen LogP contribution in [0.3, 0.4) is 0 Å². The van der Waals surface area contributed by atoms with Crippen LogP contribution >= 0.6 is 0 Å². The molecule has 0 aliphatic rings. The molecule has 2 nitrogen and oxygen atoms in total. The molecule has 0 spiro atoms. The number of hydrogen-bond acceptors (Lipinski definition) is 2. The zero-order valence-corrected chi connectivity index (χ0v) is 29.6. The Morgan fingerprint density at radius 1 is 0.278 bits per heavy atom. The zero-order chi connectivity index (χ0) is 35.8. The van der Waals surface area contributed by atoms with Crippen LogP contribution in [0.25, 0.3) is 77.2 Å². The Bertz CT molecular complexity index is 2930. The van der Waals surface area contributed by atoms with Gasteiger partial charge in [0, 0.05) is 33.9 Å². The molecule has 0 aliphatic carbocycles. The molecule has 54 heavy (non-hydrogen) atoms. The van der Waals surface area contributed by atoms with Gasteiger partial charge in [-0.15, -0.1) is 0 Å². The Morgan fingerprint density at radius 3 is 1.61 bits per heavy atom. The number of benzene rings is 9. The number of furan rings is 1. The number of hydrogen-bond donors (Lipinski definition) is 0. The van der Waals surface area contributed by atoms with Crippen LogP contribution in [0.1, 0.15) is 0 Å². The van der Waals surface area contributed by atoms with Crippen molar-refractivity contribution < 1.29 is 4.42 Å². The number of para-hydroxylation sites is 1. The lowest BCUT2D eigenvalue weighted by Crippen LogP contribution is -2.10. The van der Waals surface area contributed by atoms with E-state index in [0.717, 1.165) is 44.6 Å². The summed E-state index contributed by atoms with van der Waals surface area (Å²) in [6.45, 7) is 0. The Labute approximate surface area is 314 Å². The first-order valence-electron chi connectivity index (χ1n) is 18.4. The predicted molar refractivity (Wildman–Crippen MR) is 228 cm³/mol. The molecule has 0 atom stereocenters. The Hall–Kier alpha value is -7.16. The van der Waals surface area contributed by atoms with Gasteiger partial charge in [0.15, 0.2) is 0 Å². The first-order valence-corrected chi connectivity index (χ1v) is 18.4. The standard InChI is InChI=1S/C52H35NO/c1-2-12-36(13-3-1)39-16-8-17-40(32-39)37-26-28-44(29-27-37)53(46-30-31-50-49-23-6-7-25-51(49)54-52(50)35-46)45-21-10-19-42(34-45)41-18-9-20-43(33-41)48-24-11-15-38-14-4-5-22-47(38)48/h1-35H. The highest BCUT2D eigenvalue weighted by molar-refractivity contribution is 6.06. The Kier molecular flexibility index (Phi) is 7.85. The lowest BCUT2D eigenvalue weighted by molar-refractivity contribution is 0.669. The molecule has 10 aromatic rings. The minimum absolute atomic E-state index is 0.868. The summed E-state index contributed by atoms with van der Waals surface area (Å²) >= 11 is 0. The van der Waals surface area contributed by atoms with Crippen LogP contribution in [0, 0.1) is 0 Å². The molecule has 1 heterocycles. The van der Waals surface area contributed by atoms with Gasteiger partial charge in [0.1, 0.15) is 11.2 Å². The highest BCUT2D eigenvalue weighted by atomic mass is 16.3. The molecule has 0 amide bonds. The maximum absolute atomic E-state index is 6.39. The minimum Gasteiger partial charge on any atom is -0.456 e. The van der Waals surface area contributed by atoms with Crippen LogP contribution in [-0.4, -0.2) is 0 Å². The van der Waals surface area contributed by atoms with Crippen LogP contribution in [-0.2, 0) is 0 Å². The summed E-state index contributed by atoms with van der Waals surface area (Å²) < 4.78 is 6.39. The van der Waals surface area contributed by atoms with Crippen molar-refractivity contribution in [3.8, 4) is 44.5 Å². The molecule has 0 fully saturated rings. The van der Waals surface area contributed by atoms with Crippen molar-refractivity contribution in [2.45, 2.75) is 0 Å². The second-order valence-electron chi connectivity index (χ2n) is 13.8. The fourth-order valence-corrected chi connectivity index (χ4v) is 7.78. The van der Waals surface area contributed by atoms with Gasteiger partial charge in [-0.1, -0.05) is 152 Å². The maximum atomic E-state index is 6.39. The summed E-state index contributed by atoms with van der Waals surface area (Å²) in [6, 6.07) is 75.9. The molecule has 9 aromatic carbocycles. The summed E-state index contributed by atoms with van der Waals surface area (Å²) in [5, 5.41) is 4.74. The van der Waals surface area contributed by atoms with E-state index in [2.05, 4.69) is 205 Å². The monoisotopic (exact) mass is 689 g/mol. The van der Waals surface area contributed by atoms with E-state index in [1.807, 2.05) is 12.1 Å². The fourth-order valence-electron chi connectivity index (χ4n) is 7.78. The van der Waals surface area contributed by atoms with Gasteiger partial charge >= 0.3 is 0 Å². The highest BCUT2D eigenvalue weighted by Gasteiger charge is 2.17. The van der Waals surface area contributed by atoms with Gasteiger partial charge in [-0.25, -0.2) is 0 Å². The molecule has 0 saturated carbocycles. The van der Waals surface area contributed by atoms with Crippen molar-refractivity contribution in [3.63, 3.8) is 0 Å². The molecule has 0 saturated heterocycles. The molecule has 1 aromatic heterocycles. The first kappa shape index (κ1) is 31.6. The molecule has 0 unspecified atom stereocenters. The Balaban J connectivity index is 1.07. The molecule has 0 N–H and O–H groups in total. The van der Waals surface area contributed by atoms with Gasteiger partial charge in [-0.2, -0.15) is 0 Å². The van der Waals surface area contributed by atoms with Crippen molar-refractivity contribution in [2.24, 2.45) is 0 Å². The van der Waals surface area contributed by atoms with E-state index in [-0.39, 0.29) is 0 Å². The van der Waals surface area contributed by atoms with E-state index in [9.17, 15) is 0 Å². The van der Waals surface area contributed by atoms with E-state index in [1.165, 1.54) is 49.7 Å². The van der Waals surface area contributed by atoms with Crippen molar-refractivity contribution in [3.05, 3.63) is 212 Å². The summed E-state index contributed by atoms with van der Waals surface area (Å²) in [5.74, 6) is 0. The van der Waals surface area contributed by atoms with Crippen molar-refractivity contribution in [1.29, 1.82) is 0 Å². The second-order valence-corrected chi connectivity index (χ2v) is 13.8. The number of nitrogens with zero attached hydrogens (tertiary/aromatic N) is 1. The summed E-state index contributed by atoms with van der Waals surface area (Å²) in [6.07, 6.45) is 0. The van der Waals surface area contributed by atoms with Gasteiger partial charge in [-0.3, -0.25) is 0 Å². The quantitative estimate of drug-likeness (QED) is 0.166. The lowest BCUT2D eigenvalue weighted by Gasteiger charge is -2.26. The van der Waals surface area contributed by atoms with Crippen LogP contribution in [0.2, 0.25) is 0 Å².